The van der Waals surface area contributed by atoms with Crippen molar-refractivity contribution in [3.8, 4) is 5.75 Å². The van der Waals surface area contributed by atoms with Crippen molar-refractivity contribution >= 4 is 11.8 Å². The number of fused-ring (bicyclic) bond motifs is 1. The fraction of sp³-hybridized carbons (Fsp3) is 0.364. The van der Waals surface area contributed by atoms with Crippen LogP contribution in [0.1, 0.15) is 6.92 Å². The Hall–Kier alpha value is -1.91. The van der Waals surface area contributed by atoms with Crippen LogP contribution < -0.4 is 10.1 Å². The number of ether oxygens (including phenoxy) is 3. The molecule has 0 aliphatic carbocycles. The molecule has 1 atom stereocenters. The van der Waals surface area contributed by atoms with Crippen LogP contribution in [0.4, 0.5) is 10.5 Å². The average Bonchev–Trinajstić information content (AvgIpc) is 2.29. The molecular weight excluding hydrogens is 210 g/mol. The maximum Gasteiger partial charge on any atom is 0.511 e. The fourth-order valence-electron chi connectivity index (χ4n) is 1.42. The molecule has 0 radical (unpaired) electrons. The number of nitrogens with one attached hydrogen (secondary N) is 1. The molecule has 1 unspecified atom stereocenters. The number of carbonyl (C=O) groups excluding carboxylic acids is 1. The van der Waals surface area contributed by atoms with Crippen LogP contribution >= 0.6 is 0 Å². The minimum Gasteiger partial charge on any atom is -0.451 e. The van der Waals surface area contributed by atoms with Crippen molar-refractivity contribution in [3.05, 3.63) is 24.3 Å². The van der Waals surface area contributed by atoms with E-state index in [2.05, 4.69) is 10.1 Å². The molecule has 0 saturated carbocycles. The molecule has 0 bridgehead atoms. The average molecular weight is 223 g/mol. The van der Waals surface area contributed by atoms with Crippen molar-refractivity contribution in [2.75, 3.05) is 18.5 Å². The summed E-state index contributed by atoms with van der Waals surface area (Å²) in [5.74, 6) is 0.669. The van der Waals surface area contributed by atoms with Crippen LogP contribution in [-0.4, -0.2) is 25.6 Å². The zero-order chi connectivity index (χ0) is 11.4. The molecule has 16 heavy (non-hydrogen) atoms. The van der Waals surface area contributed by atoms with Crippen LogP contribution in [0.25, 0.3) is 0 Å². The van der Waals surface area contributed by atoms with E-state index in [1.807, 2.05) is 24.3 Å². The molecule has 0 saturated heterocycles. The Morgan fingerprint density at radius 1 is 1.56 bits per heavy atom. The third-order valence-electron chi connectivity index (χ3n) is 2.09. The minimum atomic E-state index is -0.714. The van der Waals surface area contributed by atoms with Crippen molar-refractivity contribution in [2.45, 2.75) is 13.2 Å². The van der Waals surface area contributed by atoms with Gasteiger partial charge in [0.25, 0.3) is 6.29 Å². The summed E-state index contributed by atoms with van der Waals surface area (Å²) >= 11 is 0. The zero-order valence-electron chi connectivity index (χ0n) is 8.93. The predicted octanol–water partition coefficient (Wildman–Crippen LogP) is 1.99. The summed E-state index contributed by atoms with van der Waals surface area (Å²) in [7, 11) is 0. The second kappa shape index (κ2) is 4.74. The lowest BCUT2D eigenvalue weighted by molar-refractivity contribution is -0.0578. The highest BCUT2D eigenvalue weighted by atomic mass is 16.8. The normalized spacial score (nSPS) is 17.7. The molecule has 1 aliphatic rings. The van der Waals surface area contributed by atoms with Gasteiger partial charge in [0.05, 0.1) is 18.8 Å². The Morgan fingerprint density at radius 2 is 2.38 bits per heavy atom. The fourth-order valence-corrected chi connectivity index (χ4v) is 1.42. The molecular formula is C11H13NO4. The standard InChI is InChI=1S/C11H13NO4/c1-2-14-11(13)16-10-7-12-8-5-3-4-6-9(8)15-10/h3-6,10,12H,2,7H2,1H3. The zero-order valence-corrected chi connectivity index (χ0v) is 8.93. The largest absolute Gasteiger partial charge is 0.511 e. The molecule has 1 aromatic carbocycles. The van der Waals surface area contributed by atoms with Gasteiger partial charge in [-0.1, -0.05) is 12.1 Å². The molecule has 0 aromatic heterocycles. The summed E-state index contributed by atoms with van der Waals surface area (Å²) in [5, 5.41) is 3.10. The van der Waals surface area contributed by atoms with Crippen molar-refractivity contribution in [1.29, 1.82) is 0 Å². The molecule has 0 fully saturated rings. The summed E-state index contributed by atoms with van der Waals surface area (Å²) in [5.41, 5.74) is 0.895. The molecule has 1 N–H and O–H groups in total. The Balaban J connectivity index is 1.95. The molecule has 0 spiro atoms. The summed E-state index contributed by atoms with van der Waals surface area (Å²) in [6.45, 7) is 2.42. The van der Waals surface area contributed by atoms with Crippen LogP contribution in [0.3, 0.4) is 0 Å². The van der Waals surface area contributed by atoms with Gasteiger partial charge >= 0.3 is 6.16 Å². The number of para-hydroxylation sites is 2. The number of rotatable bonds is 2. The van der Waals surface area contributed by atoms with E-state index in [4.69, 9.17) is 9.47 Å². The molecule has 5 heteroatoms. The molecule has 1 heterocycles. The number of benzene rings is 1. The maximum atomic E-state index is 11.1. The summed E-state index contributed by atoms with van der Waals surface area (Å²) in [6, 6.07) is 7.47. The van der Waals surface area contributed by atoms with Gasteiger partial charge in [0.2, 0.25) is 0 Å². The van der Waals surface area contributed by atoms with E-state index < -0.39 is 12.4 Å². The summed E-state index contributed by atoms with van der Waals surface area (Å²) in [6.07, 6.45) is -1.36. The van der Waals surface area contributed by atoms with Gasteiger partial charge in [0.1, 0.15) is 5.75 Å². The first-order chi connectivity index (χ1) is 7.79. The SMILES string of the molecule is CCOC(=O)OC1CNc2ccccc2O1. The first-order valence-corrected chi connectivity index (χ1v) is 5.12. The van der Waals surface area contributed by atoms with Gasteiger partial charge in [0.15, 0.2) is 0 Å². The molecule has 1 aliphatic heterocycles. The van der Waals surface area contributed by atoms with E-state index in [-0.39, 0.29) is 6.61 Å². The van der Waals surface area contributed by atoms with Gasteiger partial charge in [-0.2, -0.15) is 0 Å². The topological polar surface area (TPSA) is 56.8 Å². The smallest absolute Gasteiger partial charge is 0.451 e. The van der Waals surface area contributed by atoms with Gasteiger partial charge in [-0.3, -0.25) is 0 Å². The summed E-state index contributed by atoms with van der Waals surface area (Å²) in [4.78, 5) is 11.1. The predicted molar refractivity (Wildman–Crippen MR) is 57.5 cm³/mol. The number of hydrogen-bond donors (Lipinski definition) is 1. The van der Waals surface area contributed by atoms with Gasteiger partial charge in [0, 0.05) is 0 Å². The van der Waals surface area contributed by atoms with E-state index in [0.717, 1.165) is 5.69 Å². The van der Waals surface area contributed by atoms with Crippen molar-refractivity contribution < 1.29 is 19.0 Å². The van der Waals surface area contributed by atoms with Crippen molar-refractivity contribution in [1.82, 2.24) is 0 Å². The van der Waals surface area contributed by atoms with Crippen molar-refractivity contribution in [2.24, 2.45) is 0 Å². The van der Waals surface area contributed by atoms with Crippen LogP contribution in [0.15, 0.2) is 24.3 Å². The van der Waals surface area contributed by atoms with Gasteiger partial charge in [-0.25, -0.2) is 4.79 Å². The number of anilines is 1. The van der Waals surface area contributed by atoms with E-state index in [1.165, 1.54) is 0 Å². The Morgan fingerprint density at radius 3 is 3.19 bits per heavy atom. The Bertz CT molecular complexity index is 380. The van der Waals surface area contributed by atoms with Crippen LogP contribution in [0.5, 0.6) is 5.75 Å². The third-order valence-corrected chi connectivity index (χ3v) is 2.09. The second-order valence-electron chi connectivity index (χ2n) is 3.23. The van der Waals surface area contributed by atoms with E-state index in [9.17, 15) is 4.79 Å². The van der Waals surface area contributed by atoms with Gasteiger partial charge in [-0.05, 0) is 19.1 Å². The maximum absolute atomic E-state index is 11.1. The van der Waals surface area contributed by atoms with Gasteiger partial charge in [-0.15, -0.1) is 0 Å². The highest BCUT2D eigenvalue weighted by Crippen LogP contribution is 2.28. The highest BCUT2D eigenvalue weighted by Gasteiger charge is 2.22. The highest BCUT2D eigenvalue weighted by molar-refractivity contribution is 5.61. The Labute approximate surface area is 93.3 Å². The lowest BCUT2D eigenvalue weighted by Gasteiger charge is -2.26. The van der Waals surface area contributed by atoms with Crippen LogP contribution in [0, 0.1) is 0 Å². The van der Waals surface area contributed by atoms with Crippen molar-refractivity contribution in [3.63, 3.8) is 0 Å². The lowest BCUT2D eigenvalue weighted by Crippen LogP contribution is -2.35. The van der Waals surface area contributed by atoms with Crippen LogP contribution in [0.2, 0.25) is 0 Å². The molecule has 86 valence electrons. The third kappa shape index (κ3) is 2.36. The van der Waals surface area contributed by atoms with E-state index in [0.29, 0.717) is 12.3 Å². The lowest BCUT2D eigenvalue weighted by atomic mass is 10.2. The van der Waals surface area contributed by atoms with Crippen LogP contribution in [-0.2, 0) is 9.47 Å². The molecule has 0 amide bonds. The first kappa shape index (κ1) is 10.6. The molecule has 1 aromatic rings. The molecule has 2 rings (SSSR count). The Kier molecular flexibility index (Phi) is 3.14. The minimum absolute atomic E-state index is 0.287. The monoisotopic (exact) mass is 223 g/mol. The van der Waals surface area contributed by atoms with E-state index in [1.54, 1.807) is 6.92 Å². The first-order valence-electron chi connectivity index (χ1n) is 5.12. The molecule has 5 nitrogen and oxygen atoms in total. The number of carbonyl (C=O) groups is 1. The quantitative estimate of drug-likeness (QED) is 0.777. The van der Waals surface area contributed by atoms with E-state index >= 15 is 0 Å². The van der Waals surface area contributed by atoms with Gasteiger partial charge < -0.3 is 19.5 Å². The summed E-state index contributed by atoms with van der Waals surface area (Å²) < 4.78 is 15.1. The number of hydrogen-bond acceptors (Lipinski definition) is 5. The second-order valence-corrected chi connectivity index (χ2v) is 3.23.